The van der Waals surface area contributed by atoms with Crippen molar-refractivity contribution in [3.63, 3.8) is 0 Å². The molecule has 0 saturated carbocycles. The summed E-state index contributed by atoms with van der Waals surface area (Å²) >= 11 is 0. The number of hydrogen-bond donors (Lipinski definition) is 2. The van der Waals surface area contributed by atoms with Gasteiger partial charge in [0.1, 0.15) is 5.75 Å². The number of benzene rings is 1. The summed E-state index contributed by atoms with van der Waals surface area (Å²) in [5, 5.41) is 3.33. The Morgan fingerprint density at radius 2 is 1.78 bits per heavy atom. The fraction of sp³-hybridized carbons (Fsp3) is 0.571. The molecule has 0 amide bonds. The van der Waals surface area contributed by atoms with Gasteiger partial charge in [-0.05, 0) is 31.5 Å². The van der Waals surface area contributed by atoms with Gasteiger partial charge in [0.15, 0.2) is 0 Å². The molecule has 1 aliphatic heterocycles. The molecule has 1 heterocycles. The summed E-state index contributed by atoms with van der Waals surface area (Å²) in [5.74, 6) is 0.904. The van der Waals surface area contributed by atoms with Crippen molar-refractivity contribution < 1.29 is 4.74 Å². The first kappa shape index (κ1) is 13.3. The van der Waals surface area contributed by atoms with Crippen LogP contribution in [-0.4, -0.2) is 37.2 Å². The summed E-state index contributed by atoms with van der Waals surface area (Å²) in [5.41, 5.74) is 7.42. The van der Waals surface area contributed by atoms with Gasteiger partial charge in [-0.15, -0.1) is 0 Å². The third-order valence-corrected chi connectivity index (χ3v) is 3.14. The molecule has 0 radical (unpaired) electrons. The van der Waals surface area contributed by atoms with Gasteiger partial charge in [-0.25, -0.2) is 0 Å². The lowest BCUT2D eigenvalue weighted by atomic mass is 10.1. The minimum atomic E-state index is -0.0137. The smallest absolute Gasteiger partial charge is 0.119 e. The highest BCUT2D eigenvalue weighted by atomic mass is 16.5. The van der Waals surface area contributed by atoms with Crippen molar-refractivity contribution in [3.8, 4) is 5.75 Å². The maximum atomic E-state index is 6.28. The summed E-state index contributed by atoms with van der Waals surface area (Å²) in [6, 6.07) is 8.11. The first-order valence-electron chi connectivity index (χ1n) is 6.64. The molecular formula is C14H23N3O. The second kappa shape index (κ2) is 6.18. The van der Waals surface area contributed by atoms with E-state index in [1.54, 1.807) is 0 Å². The third kappa shape index (κ3) is 3.45. The molecule has 4 heteroatoms. The molecule has 0 bridgehead atoms. The number of piperazine rings is 1. The Labute approximate surface area is 109 Å². The predicted molar refractivity (Wildman–Crippen MR) is 73.6 cm³/mol. The second-order valence-corrected chi connectivity index (χ2v) is 4.97. The zero-order valence-electron chi connectivity index (χ0n) is 11.2. The Morgan fingerprint density at radius 3 is 2.33 bits per heavy atom. The van der Waals surface area contributed by atoms with Crippen molar-refractivity contribution in [2.24, 2.45) is 5.73 Å². The van der Waals surface area contributed by atoms with E-state index in [2.05, 4.69) is 22.3 Å². The molecule has 100 valence electrons. The van der Waals surface area contributed by atoms with Crippen LogP contribution in [0.1, 0.15) is 25.6 Å². The molecule has 2 rings (SSSR count). The standard InChI is InChI=1S/C14H23N3O/c1-11(2)18-13-5-3-12(4-6-13)14(15)17-9-7-16-8-10-17/h3-6,11,14,16H,7-10,15H2,1-2H3. The summed E-state index contributed by atoms with van der Waals surface area (Å²) < 4.78 is 5.63. The minimum absolute atomic E-state index is 0.0137. The summed E-state index contributed by atoms with van der Waals surface area (Å²) in [4.78, 5) is 2.30. The quantitative estimate of drug-likeness (QED) is 0.845. The number of rotatable bonds is 4. The average Bonchev–Trinajstić information content (AvgIpc) is 2.39. The van der Waals surface area contributed by atoms with Crippen LogP contribution in [0, 0.1) is 0 Å². The molecule has 1 aromatic rings. The Bertz CT molecular complexity index is 358. The first-order valence-corrected chi connectivity index (χ1v) is 6.64. The van der Waals surface area contributed by atoms with Crippen molar-refractivity contribution in [2.45, 2.75) is 26.1 Å². The van der Waals surface area contributed by atoms with E-state index in [1.165, 1.54) is 0 Å². The van der Waals surface area contributed by atoms with E-state index in [9.17, 15) is 0 Å². The molecule has 1 fully saturated rings. The van der Waals surface area contributed by atoms with Crippen LogP contribution in [0.2, 0.25) is 0 Å². The number of nitrogens with zero attached hydrogens (tertiary/aromatic N) is 1. The zero-order valence-corrected chi connectivity index (χ0v) is 11.2. The van der Waals surface area contributed by atoms with E-state index in [4.69, 9.17) is 10.5 Å². The SMILES string of the molecule is CC(C)Oc1ccc(C(N)N2CCNCC2)cc1. The van der Waals surface area contributed by atoms with Gasteiger partial charge < -0.3 is 15.8 Å². The minimum Gasteiger partial charge on any atom is -0.491 e. The third-order valence-electron chi connectivity index (χ3n) is 3.14. The lowest BCUT2D eigenvalue weighted by Gasteiger charge is -2.32. The molecule has 1 aliphatic rings. The number of nitrogens with one attached hydrogen (secondary N) is 1. The van der Waals surface area contributed by atoms with Gasteiger partial charge in [-0.1, -0.05) is 12.1 Å². The Morgan fingerprint density at radius 1 is 1.17 bits per heavy atom. The zero-order chi connectivity index (χ0) is 13.0. The average molecular weight is 249 g/mol. The van der Waals surface area contributed by atoms with Gasteiger partial charge in [0.05, 0.1) is 12.3 Å². The molecule has 1 unspecified atom stereocenters. The van der Waals surface area contributed by atoms with Gasteiger partial charge >= 0.3 is 0 Å². The number of nitrogens with two attached hydrogens (primary N) is 1. The van der Waals surface area contributed by atoms with Crippen LogP contribution in [0.5, 0.6) is 5.75 Å². The van der Waals surface area contributed by atoms with Crippen LogP contribution in [0.25, 0.3) is 0 Å². The van der Waals surface area contributed by atoms with E-state index in [0.29, 0.717) is 0 Å². The lowest BCUT2D eigenvalue weighted by molar-refractivity contribution is 0.177. The highest BCUT2D eigenvalue weighted by molar-refractivity contribution is 5.29. The normalized spacial score (nSPS) is 18.9. The van der Waals surface area contributed by atoms with Crippen LogP contribution in [-0.2, 0) is 0 Å². The van der Waals surface area contributed by atoms with Gasteiger partial charge in [0.2, 0.25) is 0 Å². The molecule has 3 N–H and O–H groups in total. The largest absolute Gasteiger partial charge is 0.491 e. The molecule has 0 aromatic heterocycles. The van der Waals surface area contributed by atoms with Crippen molar-refractivity contribution in [1.82, 2.24) is 10.2 Å². The monoisotopic (exact) mass is 249 g/mol. The van der Waals surface area contributed by atoms with Gasteiger partial charge in [-0.3, -0.25) is 4.90 Å². The van der Waals surface area contributed by atoms with E-state index in [-0.39, 0.29) is 12.3 Å². The van der Waals surface area contributed by atoms with E-state index < -0.39 is 0 Å². The molecule has 1 atom stereocenters. The van der Waals surface area contributed by atoms with Gasteiger partial charge in [-0.2, -0.15) is 0 Å². The highest BCUT2D eigenvalue weighted by Crippen LogP contribution is 2.20. The fourth-order valence-electron chi connectivity index (χ4n) is 2.19. The van der Waals surface area contributed by atoms with Crippen LogP contribution in [0.15, 0.2) is 24.3 Å². The van der Waals surface area contributed by atoms with Gasteiger partial charge in [0.25, 0.3) is 0 Å². The van der Waals surface area contributed by atoms with Crippen LogP contribution in [0.4, 0.5) is 0 Å². The molecule has 18 heavy (non-hydrogen) atoms. The Kier molecular flexibility index (Phi) is 4.58. The topological polar surface area (TPSA) is 50.5 Å². The molecule has 1 aromatic carbocycles. The van der Waals surface area contributed by atoms with Crippen molar-refractivity contribution in [1.29, 1.82) is 0 Å². The molecule has 1 saturated heterocycles. The molecule has 0 spiro atoms. The van der Waals surface area contributed by atoms with Crippen molar-refractivity contribution in [2.75, 3.05) is 26.2 Å². The fourth-order valence-corrected chi connectivity index (χ4v) is 2.19. The maximum Gasteiger partial charge on any atom is 0.119 e. The summed E-state index contributed by atoms with van der Waals surface area (Å²) in [6.45, 7) is 8.10. The highest BCUT2D eigenvalue weighted by Gasteiger charge is 2.18. The van der Waals surface area contributed by atoms with E-state index >= 15 is 0 Å². The van der Waals surface area contributed by atoms with E-state index in [0.717, 1.165) is 37.5 Å². The van der Waals surface area contributed by atoms with Crippen molar-refractivity contribution in [3.05, 3.63) is 29.8 Å². The van der Waals surface area contributed by atoms with Crippen LogP contribution >= 0.6 is 0 Å². The lowest BCUT2D eigenvalue weighted by Crippen LogP contribution is -2.47. The van der Waals surface area contributed by atoms with Gasteiger partial charge in [0, 0.05) is 26.2 Å². The first-order chi connectivity index (χ1) is 8.66. The Hall–Kier alpha value is -1.10. The summed E-state index contributed by atoms with van der Waals surface area (Å²) in [6.07, 6.45) is 0.192. The molecular weight excluding hydrogens is 226 g/mol. The van der Waals surface area contributed by atoms with Crippen LogP contribution < -0.4 is 15.8 Å². The Balaban J connectivity index is 1.99. The predicted octanol–water partition coefficient (Wildman–Crippen LogP) is 1.34. The number of ether oxygens (including phenoxy) is 1. The maximum absolute atomic E-state index is 6.28. The molecule has 0 aliphatic carbocycles. The van der Waals surface area contributed by atoms with Crippen molar-refractivity contribution >= 4 is 0 Å². The van der Waals surface area contributed by atoms with E-state index in [1.807, 2.05) is 26.0 Å². The van der Waals surface area contributed by atoms with Crippen LogP contribution in [0.3, 0.4) is 0 Å². The summed E-state index contributed by atoms with van der Waals surface area (Å²) in [7, 11) is 0. The molecule has 4 nitrogen and oxygen atoms in total. The second-order valence-electron chi connectivity index (χ2n) is 4.97. The number of hydrogen-bond acceptors (Lipinski definition) is 4.